The first-order chi connectivity index (χ1) is 24.7. The highest BCUT2D eigenvalue weighted by Gasteiger charge is 2.15. The molecule has 0 bridgehead atoms. The van der Waals surface area contributed by atoms with Gasteiger partial charge in [-0.3, -0.25) is 0 Å². The smallest absolute Gasteiger partial charge is 0.136 e. The third-order valence-electron chi connectivity index (χ3n) is 10.0. The molecule has 0 atom stereocenters. The predicted molar refractivity (Wildman–Crippen MR) is 212 cm³/mol. The summed E-state index contributed by atoms with van der Waals surface area (Å²) in [5, 5.41) is 9.78. The molecule has 0 spiro atoms. The Kier molecular flexibility index (Phi) is 6.53. The lowest BCUT2D eigenvalue weighted by Crippen LogP contribution is -2.09. The van der Waals surface area contributed by atoms with Crippen LogP contribution in [0.5, 0.6) is 0 Å². The van der Waals surface area contributed by atoms with Gasteiger partial charge < -0.3 is 9.32 Å². The van der Waals surface area contributed by atoms with Gasteiger partial charge >= 0.3 is 0 Å². The lowest BCUT2D eigenvalue weighted by molar-refractivity contribution is 0.669. The fourth-order valence-corrected chi connectivity index (χ4v) is 7.45. The van der Waals surface area contributed by atoms with Gasteiger partial charge in [0.05, 0.1) is 0 Å². The molecule has 0 N–H and O–H groups in total. The number of anilines is 3. The van der Waals surface area contributed by atoms with Crippen LogP contribution >= 0.6 is 0 Å². The topological polar surface area (TPSA) is 16.4 Å². The maximum absolute atomic E-state index is 6.27. The molecule has 0 saturated carbocycles. The number of nitrogens with zero attached hydrogens (tertiary/aromatic N) is 1. The second-order valence-electron chi connectivity index (χ2n) is 13.0. The average Bonchev–Trinajstić information content (AvgIpc) is 3.54. The second-order valence-corrected chi connectivity index (χ2v) is 13.0. The third kappa shape index (κ3) is 4.81. The van der Waals surface area contributed by atoms with Crippen LogP contribution in [0.15, 0.2) is 192 Å². The van der Waals surface area contributed by atoms with Crippen molar-refractivity contribution < 1.29 is 4.42 Å². The number of hydrogen-bond donors (Lipinski definition) is 0. The van der Waals surface area contributed by atoms with Gasteiger partial charge in [-0.25, -0.2) is 0 Å². The van der Waals surface area contributed by atoms with E-state index in [-0.39, 0.29) is 0 Å². The molecule has 0 amide bonds. The molecule has 10 aromatic rings. The first kappa shape index (κ1) is 28.4. The van der Waals surface area contributed by atoms with Crippen LogP contribution < -0.4 is 4.90 Å². The van der Waals surface area contributed by atoms with Crippen molar-refractivity contribution in [2.45, 2.75) is 0 Å². The standard InChI is InChI=1S/C48H31NO/c1-2-11-40(12-3-1)49(41-23-18-32(19-24-41)38-17-16-35-15-14-34-8-6-7-13-43(34)44(35)28-38)42-25-20-33(21-26-42)39-22-27-47-45(30-39)46-29-36-9-4-5-10-37(36)31-48(46)50-47/h1-31H. The van der Waals surface area contributed by atoms with E-state index in [0.717, 1.165) is 44.6 Å². The van der Waals surface area contributed by atoms with Crippen LogP contribution in [0.3, 0.4) is 0 Å². The van der Waals surface area contributed by atoms with E-state index in [1.165, 1.54) is 49.0 Å². The lowest BCUT2D eigenvalue weighted by atomic mass is 9.97. The lowest BCUT2D eigenvalue weighted by Gasteiger charge is -2.26. The van der Waals surface area contributed by atoms with Gasteiger partial charge in [0, 0.05) is 27.8 Å². The van der Waals surface area contributed by atoms with Crippen molar-refractivity contribution in [1.82, 2.24) is 0 Å². The van der Waals surface area contributed by atoms with E-state index in [4.69, 9.17) is 4.42 Å². The molecule has 2 heteroatoms. The number of furan rings is 1. The molecule has 9 aromatic carbocycles. The van der Waals surface area contributed by atoms with Gasteiger partial charge in [0.25, 0.3) is 0 Å². The number of benzene rings is 9. The van der Waals surface area contributed by atoms with Gasteiger partial charge in [0.15, 0.2) is 0 Å². The summed E-state index contributed by atoms with van der Waals surface area (Å²) in [7, 11) is 0. The molecule has 0 radical (unpaired) electrons. The van der Waals surface area contributed by atoms with Crippen LogP contribution in [0, 0.1) is 0 Å². The van der Waals surface area contributed by atoms with E-state index in [1.807, 2.05) is 0 Å². The Hall–Kier alpha value is -6.64. The zero-order chi connectivity index (χ0) is 33.0. The minimum atomic E-state index is 0.909. The molecule has 0 aliphatic rings. The summed E-state index contributed by atoms with van der Waals surface area (Å²) >= 11 is 0. The van der Waals surface area contributed by atoms with Crippen LogP contribution in [0.4, 0.5) is 17.1 Å². The maximum Gasteiger partial charge on any atom is 0.136 e. The first-order valence-electron chi connectivity index (χ1n) is 17.1. The van der Waals surface area contributed by atoms with E-state index in [0.29, 0.717) is 0 Å². The van der Waals surface area contributed by atoms with Crippen LogP contribution in [-0.4, -0.2) is 0 Å². The van der Waals surface area contributed by atoms with Crippen LogP contribution in [0.2, 0.25) is 0 Å². The molecule has 234 valence electrons. The van der Waals surface area contributed by atoms with Crippen LogP contribution in [0.1, 0.15) is 0 Å². The molecule has 2 nitrogen and oxygen atoms in total. The second kappa shape index (κ2) is 11.5. The highest BCUT2D eigenvalue weighted by molar-refractivity contribution is 6.11. The summed E-state index contributed by atoms with van der Waals surface area (Å²) in [6.45, 7) is 0. The largest absolute Gasteiger partial charge is 0.456 e. The number of rotatable bonds is 5. The van der Waals surface area contributed by atoms with Crippen molar-refractivity contribution in [3.63, 3.8) is 0 Å². The minimum absolute atomic E-state index is 0.909. The Morgan fingerprint density at radius 2 is 0.760 bits per heavy atom. The molecule has 10 rings (SSSR count). The van der Waals surface area contributed by atoms with E-state index in [1.54, 1.807) is 0 Å². The zero-order valence-corrected chi connectivity index (χ0v) is 27.3. The Labute approximate surface area is 290 Å². The molecule has 0 aliphatic heterocycles. The quantitative estimate of drug-likeness (QED) is 0.175. The molecule has 0 fully saturated rings. The summed E-state index contributed by atoms with van der Waals surface area (Å²) in [5.41, 5.74) is 9.90. The molecule has 0 unspecified atom stereocenters. The molecular formula is C48H31NO. The summed E-state index contributed by atoms with van der Waals surface area (Å²) in [5.74, 6) is 0. The monoisotopic (exact) mass is 637 g/mol. The molecule has 50 heavy (non-hydrogen) atoms. The Morgan fingerprint density at radius 3 is 1.46 bits per heavy atom. The molecule has 1 heterocycles. The Bertz CT molecular complexity index is 2850. The van der Waals surface area contributed by atoms with Crippen molar-refractivity contribution >= 4 is 71.3 Å². The highest BCUT2D eigenvalue weighted by atomic mass is 16.3. The van der Waals surface area contributed by atoms with Gasteiger partial charge in [-0.15, -0.1) is 0 Å². The van der Waals surface area contributed by atoms with Crippen molar-refractivity contribution in [1.29, 1.82) is 0 Å². The number of hydrogen-bond acceptors (Lipinski definition) is 2. The van der Waals surface area contributed by atoms with Crippen LogP contribution in [0.25, 0.3) is 76.5 Å². The van der Waals surface area contributed by atoms with E-state index >= 15 is 0 Å². The van der Waals surface area contributed by atoms with Gasteiger partial charge in [0.1, 0.15) is 11.2 Å². The zero-order valence-electron chi connectivity index (χ0n) is 27.3. The SMILES string of the molecule is c1ccc(N(c2ccc(-c3ccc4ccc5ccccc5c4c3)cc2)c2ccc(-c3ccc4oc5cc6ccccc6cc5c4c3)cc2)cc1. The first-order valence-corrected chi connectivity index (χ1v) is 17.1. The number of fused-ring (bicyclic) bond motifs is 7. The van der Waals surface area contributed by atoms with E-state index < -0.39 is 0 Å². The molecule has 0 saturated heterocycles. The third-order valence-corrected chi connectivity index (χ3v) is 10.0. The average molecular weight is 638 g/mol. The predicted octanol–water partition coefficient (Wildman–Crippen LogP) is 13.8. The minimum Gasteiger partial charge on any atom is -0.456 e. The number of para-hydroxylation sites is 1. The molecule has 1 aromatic heterocycles. The maximum atomic E-state index is 6.27. The fourth-order valence-electron chi connectivity index (χ4n) is 7.45. The van der Waals surface area contributed by atoms with E-state index in [2.05, 4.69) is 193 Å². The summed E-state index contributed by atoms with van der Waals surface area (Å²) < 4.78 is 6.27. The Balaban J connectivity index is 1.00. The van der Waals surface area contributed by atoms with Gasteiger partial charge in [-0.05, 0) is 121 Å². The Morgan fingerprint density at radius 1 is 0.280 bits per heavy atom. The van der Waals surface area contributed by atoms with Crippen molar-refractivity contribution in [3.8, 4) is 22.3 Å². The summed E-state index contributed by atoms with van der Waals surface area (Å²) in [6.07, 6.45) is 0. The van der Waals surface area contributed by atoms with Crippen molar-refractivity contribution in [3.05, 3.63) is 188 Å². The van der Waals surface area contributed by atoms with Gasteiger partial charge in [-0.1, -0.05) is 121 Å². The van der Waals surface area contributed by atoms with Gasteiger partial charge in [-0.2, -0.15) is 0 Å². The molecule has 0 aliphatic carbocycles. The van der Waals surface area contributed by atoms with E-state index in [9.17, 15) is 0 Å². The molecular weight excluding hydrogens is 607 g/mol. The fraction of sp³-hybridized carbons (Fsp3) is 0. The van der Waals surface area contributed by atoms with Crippen molar-refractivity contribution in [2.24, 2.45) is 0 Å². The highest BCUT2D eigenvalue weighted by Crippen LogP contribution is 2.39. The van der Waals surface area contributed by atoms with Gasteiger partial charge in [0.2, 0.25) is 0 Å². The van der Waals surface area contributed by atoms with Crippen LogP contribution in [-0.2, 0) is 0 Å². The normalized spacial score (nSPS) is 11.6. The summed E-state index contributed by atoms with van der Waals surface area (Å²) in [4.78, 5) is 2.32. The van der Waals surface area contributed by atoms with Crippen molar-refractivity contribution in [2.75, 3.05) is 4.90 Å². The summed E-state index contributed by atoms with van der Waals surface area (Å²) in [6, 6.07) is 67.6.